The Labute approximate surface area is 101 Å². The summed E-state index contributed by atoms with van der Waals surface area (Å²) in [6.45, 7) is 1.94. The second-order valence-corrected chi connectivity index (χ2v) is 3.91. The van der Waals surface area contributed by atoms with Crippen LogP contribution in [0.25, 0.3) is 0 Å². The predicted octanol–water partition coefficient (Wildman–Crippen LogP) is 1.24. The monoisotopic (exact) mass is 276 g/mol. The van der Waals surface area contributed by atoms with Gasteiger partial charge in [-0.05, 0) is 0 Å². The fourth-order valence-corrected chi connectivity index (χ4v) is 2.08. The van der Waals surface area contributed by atoms with Gasteiger partial charge in [0.1, 0.15) is 13.2 Å². The third-order valence-corrected chi connectivity index (χ3v) is 3.06. The molecule has 2 saturated heterocycles. The zero-order valence-electron chi connectivity index (χ0n) is 7.67. The average molecular weight is 277 g/mol. The number of hydrogen-bond donors (Lipinski definition) is 0. The molecule has 0 spiro atoms. The summed E-state index contributed by atoms with van der Waals surface area (Å²) in [4.78, 5) is 22.0. The van der Waals surface area contributed by atoms with Gasteiger partial charge in [0.25, 0.3) is 0 Å². The van der Waals surface area contributed by atoms with E-state index >= 15 is 0 Å². The number of halogens is 2. The summed E-state index contributed by atoms with van der Waals surface area (Å²) < 4.78 is 12.5. The van der Waals surface area contributed by atoms with Crippen molar-refractivity contribution >= 4 is 45.9 Å². The first-order chi connectivity index (χ1) is 6.27. The Morgan fingerprint density at radius 1 is 0.933 bits per heavy atom. The minimum Gasteiger partial charge on any atom is -0.447 e. The Hall–Kier alpha value is -0.450. The Balaban J connectivity index is 0.000000980. The molecule has 2 heterocycles. The molecule has 0 aromatic heterocycles. The van der Waals surface area contributed by atoms with E-state index in [1.165, 1.54) is 9.34 Å². The SMILES string of the molecule is Cl.Cl.O=C1OCCN1PN1CCOC1=O. The van der Waals surface area contributed by atoms with Crippen molar-refractivity contribution in [3.63, 3.8) is 0 Å². The van der Waals surface area contributed by atoms with Crippen LogP contribution in [0, 0.1) is 0 Å². The van der Waals surface area contributed by atoms with Crippen LogP contribution in [-0.4, -0.2) is 47.8 Å². The maximum atomic E-state index is 11.0. The van der Waals surface area contributed by atoms with Gasteiger partial charge in [0.05, 0.1) is 22.0 Å². The zero-order valence-corrected chi connectivity index (χ0v) is 10.3. The number of carbonyl (C=O) groups excluding carboxylic acids is 2. The molecule has 0 aromatic carbocycles. The molecule has 0 saturated carbocycles. The van der Waals surface area contributed by atoms with E-state index in [1.807, 2.05) is 0 Å². The van der Waals surface area contributed by atoms with Crippen LogP contribution in [-0.2, 0) is 9.47 Å². The van der Waals surface area contributed by atoms with Crippen LogP contribution in [0.2, 0.25) is 0 Å². The molecule has 2 amide bonds. The molecule has 15 heavy (non-hydrogen) atoms. The van der Waals surface area contributed by atoms with Crippen LogP contribution in [0.15, 0.2) is 0 Å². The van der Waals surface area contributed by atoms with Gasteiger partial charge in [-0.2, -0.15) is 0 Å². The minimum atomic E-state index is -0.349. The average Bonchev–Trinajstić information content (AvgIpc) is 2.65. The van der Waals surface area contributed by atoms with Gasteiger partial charge >= 0.3 is 12.2 Å². The van der Waals surface area contributed by atoms with E-state index in [9.17, 15) is 9.59 Å². The maximum Gasteiger partial charge on any atom is 0.414 e. The van der Waals surface area contributed by atoms with Gasteiger partial charge in [-0.25, -0.2) is 9.59 Å². The van der Waals surface area contributed by atoms with E-state index in [-0.39, 0.29) is 45.9 Å². The fraction of sp³-hybridized carbons (Fsp3) is 0.667. The standard InChI is InChI=1S/C6H9N2O4P.2ClH/c9-5-7(1-3-11-5)13-8-2-4-12-6(8)10;;/h13H,1-4H2;2*1H. The molecule has 2 aliphatic heterocycles. The highest BCUT2D eigenvalue weighted by molar-refractivity contribution is 7.34. The molecular weight excluding hydrogens is 266 g/mol. The molecule has 0 aliphatic carbocycles. The first kappa shape index (κ1) is 14.6. The van der Waals surface area contributed by atoms with Crippen LogP contribution in [0.1, 0.15) is 0 Å². The van der Waals surface area contributed by atoms with Crippen LogP contribution in [0.5, 0.6) is 0 Å². The van der Waals surface area contributed by atoms with Crippen molar-refractivity contribution < 1.29 is 19.1 Å². The number of hydrogen-bond acceptors (Lipinski definition) is 4. The fourth-order valence-electron chi connectivity index (χ4n) is 1.11. The van der Waals surface area contributed by atoms with Gasteiger partial charge in [0.15, 0.2) is 0 Å². The van der Waals surface area contributed by atoms with E-state index < -0.39 is 0 Å². The van der Waals surface area contributed by atoms with E-state index in [0.717, 1.165) is 0 Å². The Morgan fingerprint density at radius 3 is 1.60 bits per heavy atom. The van der Waals surface area contributed by atoms with Crippen molar-refractivity contribution in [2.24, 2.45) is 0 Å². The number of amides is 2. The maximum absolute atomic E-state index is 11.0. The third-order valence-electron chi connectivity index (χ3n) is 1.76. The molecule has 9 heteroatoms. The lowest BCUT2D eigenvalue weighted by Gasteiger charge is -2.18. The largest absolute Gasteiger partial charge is 0.447 e. The number of ether oxygens (including phenoxy) is 2. The summed E-state index contributed by atoms with van der Waals surface area (Å²) in [7, 11) is 0.0177. The van der Waals surface area contributed by atoms with E-state index in [1.54, 1.807) is 0 Å². The van der Waals surface area contributed by atoms with Gasteiger partial charge in [-0.15, -0.1) is 24.8 Å². The van der Waals surface area contributed by atoms with E-state index in [0.29, 0.717) is 26.3 Å². The van der Waals surface area contributed by atoms with Crippen LogP contribution in [0.3, 0.4) is 0 Å². The molecule has 0 N–H and O–H groups in total. The lowest BCUT2D eigenvalue weighted by Crippen LogP contribution is -2.24. The quantitative estimate of drug-likeness (QED) is 0.712. The molecule has 0 bridgehead atoms. The van der Waals surface area contributed by atoms with Crippen molar-refractivity contribution in [2.45, 2.75) is 0 Å². The highest BCUT2D eigenvalue weighted by Crippen LogP contribution is 2.29. The topological polar surface area (TPSA) is 59.1 Å². The van der Waals surface area contributed by atoms with Crippen molar-refractivity contribution in [3.8, 4) is 0 Å². The van der Waals surface area contributed by atoms with Crippen molar-refractivity contribution in [2.75, 3.05) is 26.3 Å². The minimum absolute atomic E-state index is 0. The smallest absolute Gasteiger partial charge is 0.414 e. The summed E-state index contributed by atoms with van der Waals surface area (Å²) >= 11 is 0. The summed E-state index contributed by atoms with van der Waals surface area (Å²) in [5.41, 5.74) is 0. The predicted molar refractivity (Wildman–Crippen MR) is 58.9 cm³/mol. The second kappa shape index (κ2) is 6.20. The number of cyclic esters (lactones) is 2. The second-order valence-electron chi connectivity index (χ2n) is 2.63. The summed E-state index contributed by atoms with van der Waals surface area (Å²) in [6, 6.07) is 0. The van der Waals surface area contributed by atoms with Gasteiger partial charge in [-0.3, -0.25) is 9.34 Å². The summed E-state index contributed by atoms with van der Waals surface area (Å²) in [6.07, 6.45) is -0.698. The Kier molecular flexibility index (Phi) is 6.02. The summed E-state index contributed by atoms with van der Waals surface area (Å²) in [5.74, 6) is 0. The normalized spacial score (nSPS) is 19.2. The Bertz CT molecular complexity index is 231. The zero-order chi connectivity index (χ0) is 9.26. The van der Waals surface area contributed by atoms with Crippen molar-refractivity contribution in [3.05, 3.63) is 0 Å². The lowest BCUT2D eigenvalue weighted by molar-refractivity contribution is 0.168. The van der Waals surface area contributed by atoms with Gasteiger partial charge in [0, 0.05) is 0 Å². The number of nitrogens with zero attached hydrogens (tertiary/aromatic N) is 2. The highest BCUT2D eigenvalue weighted by Gasteiger charge is 2.29. The molecule has 6 nitrogen and oxygen atoms in total. The molecule has 88 valence electrons. The van der Waals surface area contributed by atoms with Crippen LogP contribution >= 0.6 is 33.7 Å². The highest BCUT2D eigenvalue weighted by atomic mass is 35.5. The third kappa shape index (κ3) is 3.26. The van der Waals surface area contributed by atoms with Gasteiger partial charge in [-0.1, -0.05) is 0 Å². The number of rotatable bonds is 2. The molecular formula is C6H11Cl2N2O4P. The van der Waals surface area contributed by atoms with E-state index in [4.69, 9.17) is 9.47 Å². The molecule has 0 unspecified atom stereocenters. The number of carbonyl (C=O) groups is 2. The van der Waals surface area contributed by atoms with Gasteiger partial charge in [0.2, 0.25) is 0 Å². The first-order valence-corrected chi connectivity index (χ1v) is 4.82. The molecule has 0 radical (unpaired) electrons. The first-order valence-electron chi connectivity index (χ1n) is 3.92. The van der Waals surface area contributed by atoms with Gasteiger partial charge < -0.3 is 9.47 Å². The van der Waals surface area contributed by atoms with E-state index in [2.05, 4.69) is 0 Å². The molecule has 2 aliphatic rings. The van der Waals surface area contributed by atoms with Crippen molar-refractivity contribution in [1.29, 1.82) is 0 Å². The Morgan fingerprint density at radius 2 is 1.33 bits per heavy atom. The molecule has 0 aromatic rings. The molecule has 0 atom stereocenters. The van der Waals surface area contributed by atoms with Crippen LogP contribution < -0.4 is 0 Å². The molecule has 2 fully saturated rings. The van der Waals surface area contributed by atoms with Crippen LogP contribution in [0.4, 0.5) is 9.59 Å². The van der Waals surface area contributed by atoms with Crippen molar-refractivity contribution in [1.82, 2.24) is 9.34 Å². The lowest BCUT2D eigenvalue weighted by atomic mass is 10.7. The summed E-state index contributed by atoms with van der Waals surface area (Å²) in [5, 5.41) is 0. The molecule has 2 rings (SSSR count).